The number of nitrogens with one attached hydrogen (secondary N) is 1. The summed E-state index contributed by atoms with van der Waals surface area (Å²) < 4.78 is 52.0. The van der Waals surface area contributed by atoms with E-state index in [2.05, 4.69) is 21.2 Å². The number of halogens is 2. The van der Waals surface area contributed by atoms with E-state index in [1.54, 1.807) is 18.4 Å². The summed E-state index contributed by atoms with van der Waals surface area (Å²) in [7, 11) is -2.28. The van der Waals surface area contributed by atoms with E-state index in [0.717, 1.165) is 11.8 Å². The van der Waals surface area contributed by atoms with Crippen LogP contribution in [0.5, 0.6) is 11.6 Å². The van der Waals surface area contributed by atoms with Crippen LogP contribution in [0.2, 0.25) is 0 Å². The summed E-state index contributed by atoms with van der Waals surface area (Å²) in [6.45, 7) is 0.535. The summed E-state index contributed by atoms with van der Waals surface area (Å²) in [4.78, 5) is 8.49. The van der Waals surface area contributed by atoms with Gasteiger partial charge >= 0.3 is 0 Å². The average molecular weight is 445 g/mol. The predicted octanol–water partition coefficient (Wildman–Crippen LogP) is 4.17. The van der Waals surface area contributed by atoms with Gasteiger partial charge in [-0.3, -0.25) is 4.21 Å². The van der Waals surface area contributed by atoms with Crippen LogP contribution in [0, 0.1) is 11.6 Å². The van der Waals surface area contributed by atoms with Crippen LogP contribution in [-0.4, -0.2) is 39.5 Å². The molecule has 0 spiro atoms. The van der Waals surface area contributed by atoms with E-state index < -0.39 is 21.2 Å². The molecule has 4 rings (SSSR count). The van der Waals surface area contributed by atoms with Crippen LogP contribution in [0.3, 0.4) is 0 Å². The van der Waals surface area contributed by atoms with E-state index in [1.807, 2.05) is 0 Å². The fourth-order valence-electron chi connectivity index (χ4n) is 3.23. The Morgan fingerprint density at radius 2 is 1.90 bits per heavy atom. The monoisotopic (exact) mass is 445 g/mol. The maximum atomic E-state index is 14.6. The maximum Gasteiger partial charge on any atom is 0.215 e. The molecule has 0 fully saturated rings. The summed E-state index contributed by atoms with van der Waals surface area (Å²) in [5, 5.41) is 3.04. The molecule has 0 saturated heterocycles. The molecule has 1 aliphatic heterocycles. The molecule has 4 bridgehead atoms. The van der Waals surface area contributed by atoms with Gasteiger partial charge in [0.25, 0.3) is 0 Å². The lowest BCUT2D eigenvalue weighted by Crippen LogP contribution is -2.09. The molecule has 1 aromatic carbocycles. The lowest BCUT2D eigenvalue weighted by Gasteiger charge is -2.16. The quantitative estimate of drug-likeness (QED) is 0.597. The zero-order chi connectivity index (χ0) is 22.0. The Morgan fingerprint density at radius 3 is 2.71 bits per heavy atom. The number of aromatic nitrogens is 2. The highest BCUT2D eigenvalue weighted by atomic mass is 32.2. The van der Waals surface area contributed by atoms with Crippen molar-refractivity contribution in [3.8, 4) is 22.8 Å². The number of hydrogen-bond acceptors (Lipinski definition) is 6. The zero-order valence-corrected chi connectivity index (χ0v) is 17.7. The van der Waals surface area contributed by atoms with E-state index in [-0.39, 0.29) is 23.7 Å². The first-order chi connectivity index (χ1) is 14.8. The van der Waals surface area contributed by atoms with Crippen molar-refractivity contribution in [2.45, 2.75) is 12.2 Å². The number of ether oxygens (including phenoxy) is 2. The van der Waals surface area contributed by atoms with Gasteiger partial charge in [-0.15, -0.1) is 0 Å². The molecular weight excluding hydrogens is 424 g/mol. The summed E-state index contributed by atoms with van der Waals surface area (Å²) in [5.41, 5.74) is 1.36. The van der Waals surface area contributed by atoms with Gasteiger partial charge in [0.2, 0.25) is 5.88 Å². The molecule has 0 radical (unpaired) electrons. The Hall–Kier alpha value is -3.20. The average Bonchev–Trinajstić information content (AvgIpc) is 2.67. The zero-order valence-electron chi connectivity index (χ0n) is 16.9. The number of hydrogen-bond donors (Lipinski definition) is 1. The van der Waals surface area contributed by atoms with E-state index in [1.165, 1.54) is 24.3 Å². The van der Waals surface area contributed by atoms with Crippen molar-refractivity contribution in [1.82, 2.24) is 9.97 Å². The number of fused-ring (bicyclic) bond motifs is 6. The highest BCUT2D eigenvalue weighted by molar-refractivity contribution is 7.98. The Balaban J connectivity index is 1.80. The molecule has 1 aliphatic rings. The topological polar surface area (TPSA) is 73.3 Å². The summed E-state index contributed by atoms with van der Waals surface area (Å²) >= 11 is 0. The molecule has 3 heterocycles. The second-order valence-electron chi connectivity index (χ2n) is 7.39. The van der Waals surface area contributed by atoms with Crippen molar-refractivity contribution in [3.63, 3.8) is 0 Å². The van der Waals surface area contributed by atoms with E-state index in [0.29, 0.717) is 36.1 Å². The first-order valence-corrected chi connectivity index (χ1v) is 11.9. The molecule has 162 valence electrons. The van der Waals surface area contributed by atoms with E-state index in [4.69, 9.17) is 9.47 Å². The van der Waals surface area contributed by atoms with Crippen molar-refractivity contribution in [3.05, 3.63) is 59.8 Å². The normalized spacial score (nSPS) is 15.3. The van der Waals surface area contributed by atoms with Crippen molar-refractivity contribution >= 4 is 27.0 Å². The second kappa shape index (κ2) is 8.50. The molecule has 1 atom stereocenters. The third-order valence-corrected chi connectivity index (χ3v) is 5.42. The first-order valence-electron chi connectivity index (χ1n) is 9.56. The number of benzene rings is 1. The minimum absolute atomic E-state index is 0.214. The number of rotatable bonds is 2. The molecule has 1 unspecified atom stereocenters. The third kappa shape index (κ3) is 5.29. The molecule has 31 heavy (non-hydrogen) atoms. The Morgan fingerprint density at radius 1 is 1.10 bits per heavy atom. The predicted molar refractivity (Wildman–Crippen MR) is 118 cm³/mol. The van der Waals surface area contributed by atoms with Gasteiger partial charge in [-0.1, -0.05) is 0 Å². The number of nitrogens with zero attached hydrogens (tertiary/aromatic N) is 2. The van der Waals surface area contributed by atoms with Gasteiger partial charge in [0.1, 0.15) is 29.0 Å². The molecule has 3 aromatic rings. The minimum Gasteiger partial charge on any atom is -0.493 e. The van der Waals surface area contributed by atoms with Crippen LogP contribution in [0.15, 0.2) is 42.6 Å². The highest BCUT2D eigenvalue weighted by Crippen LogP contribution is 2.34. The summed E-state index contributed by atoms with van der Waals surface area (Å²) in [6.07, 6.45) is 3.15. The van der Waals surface area contributed by atoms with Crippen LogP contribution < -0.4 is 14.8 Å². The fourth-order valence-corrected chi connectivity index (χ4v) is 4.11. The Labute approximate surface area is 179 Å². The summed E-state index contributed by atoms with van der Waals surface area (Å²) in [5.74, 6) is 4.22. The van der Waals surface area contributed by atoms with E-state index in [9.17, 15) is 13.0 Å². The standard InChI is InChI=1S/C22H21F2N3O3S/c1-31(2,28)13-14-8-21-26-20-11-17(18(24)12-25-20)16-5-4-15(23)10-19(16)29-6-3-7-30-22(9-14)27-21/h4-5,8-12H,1,3,6-7,13H2,2H3,(H,25,26,27). The van der Waals surface area contributed by atoms with Crippen LogP contribution in [0.25, 0.3) is 11.1 Å². The number of anilines is 2. The summed E-state index contributed by atoms with van der Waals surface area (Å²) in [6, 6.07) is 8.88. The third-order valence-electron chi connectivity index (χ3n) is 4.48. The smallest absolute Gasteiger partial charge is 0.215 e. The van der Waals surface area contributed by atoms with Gasteiger partial charge in [0.15, 0.2) is 0 Å². The van der Waals surface area contributed by atoms with Crippen LogP contribution in [0.1, 0.15) is 12.0 Å². The first kappa shape index (κ1) is 21.0. The molecular formula is C22H21F2N3O3S. The second-order valence-corrected chi connectivity index (χ2v) is 10.0. The van der Waals surface area contributed by atoms with Crippen molar-refractivity contribution in [1.29, 1.82) is 0 Å². The van der Waals surface area contributed by atoms with Crippen molar-refractivity contribution in [2.75, 3.05) is 24.8 Å². The molecule has 0 amide bonds. The lowest BCUT2D eigenvalue weighted by atomic mass is 10.0. The van der Waals surface area contributed by atoms with E-state index >= 15 is 0 Å². The lowest BCUT2D eigenvalue weighted by molar-refractivity contribution is 0.242. The van der Waals surface area contributed by atoms with Crippen LogP contribution in [-0.2, 0) is 15.3 Å². The molecule has 1 N–H and O–H groups in total. The number of pyridine rings is 2. The largest absolute Gasteiger partial charge is 0.493 e. The van der Waals surface area contributed by atoms with Gasteiger partial charge in [0.05, 0.1) is 19.4 Å². The van der Waals surface area contributed by atoms with Gasteiger partial charge in [-0.05, 0) is 45.2 Å². The van der Waals surface area contributed by atoms with Crippen molar-refractivity contribution in [2.24, 2.45) is 0 Å². The van der Waals surface area contributed by atoms with Crippen LogP contribution >= 0.6 is 0 Å². The van der Waals surface area contributed by atoms with Crippen molar-refractivity contribution < 1.29 is 22.5 Å². The van der Waals surface area contributed by atoms with Gasteiger partial charge in [0, 0.05) is 41.7 Å². The molecule has 9 heteroatoms. The molecule has 2 aromatic heterocycles. The van der Waals surface area contributed by atoms with Gasteiger partial charge in [-0.2, -0.15) is 4.98 Å². The Bertz CT molecular complexity index is 1230. The SMILES string of the molecule is C=S(C)(=O)Cc1cc2nc(c1)OCCCOc1cc(F)ccc1-c1cc(ncc1F)N2. The van der Waals surface area contributed by atoms with Gasteiger partial charge < -0.3 is 14.8 Å². The fraction of sp³-hybridized carbons (Fsp3) is 0.227. The molecule has 0 aliphatic carbocycles. The maximum absolute atomic E-state index is 14.6. The highest BCUT2D eigenvalue weighted by Gasteiger charge is 2.16. The van der Waals surface area contributed by atoms with Crippen LogP contribution in [0.4, 0.5) is 20.4 Å². The Kier molecular flexibility index (Phi) is 5.77. The minimum atomic E-state index is -2.28. The molecule has 6 nitrogen and oxygen atoms in total. The van der Waals surface area contributed by atoms with Gasteiger partial charge in [-0.25, -0.2) is 13.8 Å². The molecule has 0 saturated carbocycles.